The van der Waals surface area contributed by atoms with Gasteiger partial charge in [0.25, 0.3) is 5.91 Å². The summed E-state index contributed by atoms with van der Waals surface area (Å²) in [6.45, 7) is 4.03. The maximum absolute atomic E-state index is 14.1. The average Bonchev–Trinajstić information content (AvgIpc) is 3.42. The molecule has 1 N–H and O–H groups in total. The third kappa shape index (κ3) is 5.19. The van der Waals surface area contributed by atoms with Crippen LogP contribution in [0.2, 0.25) is 0 Å². The Kier molecular flexibility index (Phi) is 7.14. The summed E-state index contributed by atoms with van der Waals surface area (Å²) in [5, 5.41) is 6.13. The first kappa shape index (κ1) is 24.2. The lowest BCUT2D eigenvalue weighted by Crippen LogP contribution is -2.47. The molecule has 1 aliphatic rings. The molecule has 1 unspecified atom stereocenters. The second-order valence-corrected chi connectivity index (χ2v) is 10.6. The van der Waals surface area contributed by atoms with Crippen molar-refractivity contribution in [2.45, 2.75) is 58.0 Å². The van der Waals surface area contributed by atoms with Crippen molar-refractivity contribution in [3.05, 3.63) is 93.8 Å². The Balaban J connectivity index is 1.65. The molecule has 2 aromatic carbocycles. The van der Waals surface area contributed by atoms with Crippen LogP contribution in [0.15, 0.2) is 72.2 Å². The number of rotatable bonds is 6. The molecule has 1 saturated carbocycles. The minimum atomic E-state index is -0.813. The molecule has 1 atom stereocenters. The summed E-state index contributed by atoms with van der Waals surface area (Å²) in [6.07, 6.45) is 7.15. The molecule has 4 aromatic rings. The number of pyridine rings is 1. The number of thiophene rings is 1. The molecule has 5 rings (SSSR count). The van der Waals surface area contributed by atoms with Gasteiger partial charge in [-0.1, -0.05) is 43.5 Å². The molecule has 6 heteroatoms. The highest BCUT2D eigenvalue weighted by molar-refractivity contribution is 7.12. The van der Waals surface area contributed by atoms with Crippen LogP contribution in [0.5, 0.6) is 0 Å². The van der Waals surface area contributed by atoms with Crippen LogP contribution in [0.1, 0.15) is 64.5 Å². The van der Waals surface area contributed by atoms with Gasteiger partial charge >= 0.3 is 0 Å². The molecule has 0 aliphatic heterocycles. The zero-order valence-corrected chi connectivity index (χ0v) is 21.6. The van der Waals surface area contributed by atoms with E-state index in [4.69, 9.17) is 0 Å². The molecule has 2 heterocycles. The first-order chi connectivity index (χ1) is 17.5. The molecule has 0 bridgehead atoms. The lowest BCUT2D eigenvalue weighted by molar-refractivity contribution is -0.123. The number of carbonyl (C=O) groups is 2. The molecule has 5 nitrogen and oxygen atoms in total. The van der Waals surface area contributed by atoms with E-state index in [2.05, 4.69) is 16.4 Å². The van der Waals surface area contributed by atoms with E-state index in [0.29, 0.717) is 4.88 Å². The highest BCUT2D eigenvalue weighted by Gasteiger charge is 2.35. The first-order valence-electron chi connectivity index (χ1n) is 12.6. The zero-order chi connectivity index (χ0) is 25.1. The quantitative estimate of drug-likeness (QED) is 0.320. The highest BCUT2D eigenvalue weighted by atomic mass is 32.1. The van der Waals surface area contributed by atoms with Crippen LogP contribution in [0.4, 0.5) is 5.69 Å². The summed E-state index contributed by atoms with van der Waals surface area (Å²) < 4.78 is 0. The monoisotopic (exact) mass is 497 g/mol. The number of aromatic nitrogens is 1. The second kappa shape index (κ2) is 10.6. The normalized spacial score (nSPS) is 14.9. The summed E-state index contributed by atoms with van der Waals surface area (Å²) in [5.41, 5.74) is 4.44. The van der Waals surface area contributed by atoms with Gasteiger partial charge in [-0.25, -0.2) is 0 Å². The molecule has 1 fully saturated rings. The molecular formula is C30H31N3O2S. The summed E-state index contributed by atoms with van der Waals surface area (Å²) in [6, 6.07) is 18.8. The van der Waals surface area contributed by atoms with Crippen LogP contribution in [0, 0.1) is 13.8 Å². The number of hydrogen-bond acceptors (Lipinski definition) is 4. The summed E-state index contributed by atoms with van der Waals surface area (Å²) in [7, 11) is 0. The number of nitrogens with zero attached hydrogens (tertiary/aromatic N) is 2. The van der Waals surface area contributed by atoms with Gasteiger partial charge in [0.15, 0.2) is 0 Å². The van der Waals surface area contributed by atoms with Crippen molar-refractivity contribution in [1.29, 1.82) is 0 Å². The van der Waals surface area contributed by atoms with Crippen LogP contribution >= 0.6 is 11.3 Å². The van der Waals surface area contributed by atoms with Crippen LogP contribution < -0.4 is 10.2 Å². The third-order valence-electron chi connectivity index (χ3n) is 6.84. The summed E-state index contributed by atoms with van der Waals surface area (Å²) in [5.74, 6) is -0.320. The minimum Gasteiger partial charge on any atom is -0.351 e. The van der Waals surface area contributed by atoms with E-state index in [9.17, 15) is 9.59 Å². The third-order valence-corrected chi connectivity index (χ3v) is 7.69. The van der Waals surface area contributed by atoms with Gasteiger partial charge in [-0.15, -0.1) is 11.3 Å². The van der Waals surface area contributed by atoms with Crippen molar-refractivity contribution >= 4 is 39.7 Å². The predicted molar refractivity (Wildman–Crippen MR) is 147 cm³/mol. The lowest BCUT2D eigenvalue weighted by Gasteiger charge is -2.33. The molecule has 2 amide bonds. The smallest absolute Gasteiger partial charge is 0.269 e. The standard InChI is InChI=1S/C30H31N3O2S/c1-20-16-21(2)18-25(17-20)33(30(35)27-11-7-15-36-27)28(29(34)32-24-9-4-3-5-10-24)23-12-13-26-22(19-23)8-6-14-31-26/h6-8,11-19,24,28H,3-5,9-10H2,1-2H3,(H,32,34). The van der Waals surface area contributed by atoms with Crippen LogP contribution in [-0.2, 0) is 4.79 Å². The molecule has 0 spiro atoms. The maximum Gasteiger partial charge on any atom is 0.269 e. The Morgan fingerprint density at radius 2 is 1.75 bits per heavy atom. The van der Waals surface area contributed by atoms with Crippen LogP contribution in [-0.4, -0.2) is 22.8 Å². The molecule has 2 aromatic heterocycles. The fraction of sp³-hybridized carbons (Fsp3) is 0.300. The van der Waals surface area contributed by atoms with Crippen molar-refractivity contribution < 1.29 is 9.59 Å². The molecule has 1 aliphatic carbocycles. The molecule has 0 saturated heterocycles. The van der Waals surface area contributed by atoms with Crippen molar-refractivity contribution in [3.63, 3.8) is 0 Å². The van der Waals surface area contributed by atoms with E-state index in [1.54, 1.807) is 11.1 Å². The molecule has 36 heavy (non-hydrogen) atoms. The van der Waals surface area contributed by atoms with Gasteiger partial charge in [0.05, 0.1) is 10.4 Å². The van der Waals surface area contributed by atoms with Gasteiger partial charge in [0.1, 0.15) is 6.04 Å². The van der Waals surface area contributed by atoms with Crippen LogP contribution in [0.3, 0.4) is 0 Å². The molecular weight excluding hydrogens is 466 g/mol. The van der Waals surface area contributed by atoms with Gasteiger partial charge in [-0.2, -0.15) is 0 Å². The first-order valence-corrected chi connectivity index (χ1v) is 13.5. The van der Waals surface area contributed by atoms with Gasteiger partial charge in [-0.05, 0) is 85.2 Å². The minimum absolute atomic E-state index is 0.133. The Morgan fingerprint density at radius 3 is 2.47 bits per heavy atom. The van der Waals surface area contributed by atoms with E-state index in [-0.39, 0.29) is 17.9 Å². The van der Waals surface area contributed by atoms with Crippen molar-refractivity contribution in [2.24, 2.45) is 0 Å². The number of hydrogen-bond donors (Lipinski definition) is 1. The maximum atomic E-state index is 14.1. The number of benzene rings is 2. The van der Waals surface area contributed by atoms with Crippen LogP contribution in [0.25, 0.3) is 10.9 Å². The van der Waals surface area contributed by atoms with Crippen molar-refractivity contribution in [3.8, 4) is 0 Å². The van der Waals surface area contributed by atoms with E-state index >= 15 is 0 Å². The lowest BCUT2D eigenvalue weighted by atomic mass is 9.94. The Hall–Kier alpha value is -3.51. The topological polar surface area (TPSA) is 62.3 Å². The average molecular weight is 498 g/mol. The Labute approximate surface area is 216 Å². The molecule has 184 valence electrons. The number of fused-ring (bicyclic) bond motifs is 1. The second-order valence-electron chi connectivity index (χ2n) is 9.70. The Bertz CT molecular complexity index is 1360. The summed E-state index contributed by atoms with van der Waals surface area (Å²) >= 11 is 1.39. The van der Waals surface area contributed by atoms with E-state index in [0.717, 1.165) is 59.0 Å². The van der Waals surface area contributed by atoms with Crippen molar-refractivity contribution in [1.82, 2.24) is 10.3 Å². The van der Waals surface area contributed by atoms with E-state index in [1.807, 2.05) is 73.8 Å². The van der Waals surface area contributed by atoms with Crippen molar-refractivity contribution in [2.75, 3.05) is 4.90 Å². The number of carbonyl (C=O) groups excluding carboxylic acids is 2. The highest BCUT2D eigenvalue weighted by Crippen LogP contribution is 2.33. The number of aryl methyl sites for hydroxylation is 2. The zero-order valence-electron chi connectivity index (χ0n) is 20.7. The van der Waals surface area contributed by atoms with Gasteiger partial charge in [0, 0.05) is 23.3 Å². The van der Waals surface area contributed by atoms with Gasteiger partial charge < -0.3 is 5.32 Å². The molecule has 0 radical (unpaired) electrons. The summed E-state index contributed by atoms with van der Waals surface area (Å²) in [4.78, 5) is 34.9. The van der Waals surface area contributed by atoms with Gasteiger partial charge in [0.2, 0.25) is 5.91 Å². The number of anilines is 1. The SMILES string of the molecule is Cc1cc(C)cc(N(C(=O)c2cccs2)C(C(=O)NC2CCCCC2)c2ccc3ncccc3c2)c1. The predicted octanol–water partition coefficient (Wildman–Crippen LogP) is 6.75. The fourth-order valence-electron chi connectivity index (χ4n) is 5.20. The van der Waals surface area contributed by atoms with Gasteiger partial charge in [-0.3, -0.25) is 19.5 Å². The number of amides is 2. The van der Waals surface area contributed by atoms with E-state index in [1.165, 1.54) is 17.8 Å². The Morgan fingerprint density at radius 1 is 0.972 bits per heavy atom. The number of nitrogens with one attached hydrogen (secondary N) is 1. The van der Waals surface area contributed by atoms with E-state index < -0.39 is 6.04 Å². The largest absolute Gasteiger partial charge is 0.351 e. The fourth-order valence-corrected chi connectivity index (χ4v) is 5.86.